The molecule has 0 aliphatic carbocycles. The van der Waals surface area contributed by atoms with Crippen molar-refractivity contribution >= 4 is 5.96 Å². The van der Waals surface area contributed by atoms with Crippen LogP contribution in [0, 0.1) is 13.8 Å². The van der Waals surface area contributed by atoms with Crippen LogP contribution in [0.4, 0.5) is 0 Å². The van der Waals surface area contributed by atoms with Gasteiger partial charge in [0.05, 0.1) is 26.0 Å². The number of methoxy groups -OCH3 is 1. The van der Waals surface area contributed by atoms with Gasteiger partial charge in [0, 0.05) is 13.6 Å². The van der Waals surface area contributed by atoms with Gasteiger partial charge in [-0.05, 0) is 38.5 Å². The van der Waals surface area contributed by atoms with Crippen LogP contribution in [-0.2, 0) is 13.1 Å². The van der Waals surface area contributed by atoms with Crippen LogP contribution < -0.4 is 20.1 Å². The van der Waals surface area contributed by atoms with Crippen molar-refractivity contribution in [3.8, 4) is 11.5 Å². The molecule has 136 valence electrons. The van der Waals surface area contributed by atoms with Crippen molar-refractivity contribution in [2.45, 2.75) is 33.9 Å². The van der Waals surface area contributed by atoms with Crippen molar-refractivity contribution in [3.63, 3.8) is 0 Å². The second-order valence-corrected chi connectivity index (χ2v) is 5.45. The molecule has 1 aromatic carbocycles. The molecule has 0 amide bonds. The fraction of sp³-hybridized carbons (Fsp3) is 0.444. The molecular formula is C18H26N4O3. The molecular weight excluding hydrogens is 320 g/mol. The number of nitrogens with zero attached hydrogens (tertiary/aromatic N) is 2. The Morgan fingerprint density at radius 1 is 1.20 bits per heavy atom. The third-order valence-corrected chi connectivity index (χ3v) is 3.69. The second kappa shape index (κ2) is 8.96. The number of nitrogens with one attached hydrogen (secondary N) is 2. The van der Waals surface area contributed by atoms with Gasteiger partial charge in [-0.1, -0.05) is 6.07 Å². The molecule has 0 bridgehead atoms. The van der Waals surface area contributed by atoms with Crippen LogP contribution in [-0.4, -0.2) is 31.7 Å². The van der Waals surface area contributed by atoms with E-state index >= 15 is 0 Å². The van der Waals surface area contributed by atoms with Crippen LogP contribution in [0.1, 0.15) is 29.8 Å². The molecule has 1 heterocycles. The minimum Gasteiger partial charge on any atom is -0.493 e. The van der Waals surface area contributed by atoms with Gasteiger partial charge < -0.3 is 24.5 Å². The van der Waals surface area contributed by atoms with E-state index in [0.29, 0.717) is 31.5 Å². The van der Waals surface area contributed by atoms with Gasteiger partial charge in [-0.25, -0.2) is 4.98 Å². The number of guanidine groups is 1. The van der Waals surface area contributed by atoms with Crippen LogP contribution in [0.5, 0.6) is 11.5 Å². The van der Waals surface area contributed by atoms with Crippen LogP contribution >= 0.6 is 0 Å². The molecule has 0 saturated heterocycles. The molecule has 0 spiro atoms. The first-order chi connectivity index (χ1) is 12.1. The molecule has 0 saturated carbocycles. The molecule has 7 heteroatoms. The Hall–Kier alpha value is -2.70. The van der Waals surface area contributed by atoms with Gasteiger partial charge in [0.1, 0.15) is 5.76 Å². The number of hydrogen-bond donors (Lipinski definition) is 2. The van der Waals surface area contributed by atoms with E-state index in [0.717, 1.165) is 28.5 Å². The van der Waals surface area contributed by atoms with Crippen LogP contribution in [0.2, 0.25) is 0 Å². The molecule has 2 aromatic rings. The quantitative estimate of drug-likeness (QED) is 0.592. The average molecular weight is 346 g/mol. The standard InChI is InChI=1S/C18H26N4O3/c1-6-24-16-9-14(7-8-15(16)23-5)10-20-18(19-4)21-11-17-22-12(2)13(3)25-17/h7-9H,6,10-11H2,1-5H3,(H2,19,20,21). The lowest BCUT2D eigenvalue weighted by Gasteiger charge is -2.13. The first-order valence-electron chi connectivity index (χ1n) is 8.24. The number of oxazole rings is 1. The van der Waals surface area contributed by atoms with Gasteiger partial charge in [0.15, 0.2) is 17.5 Å². The van der Waals surface area contributed by atoms with E-state index < -0.39 is 0 Å². The maximum Gasteiger partial charge on any atom is 0.214 e. The Bertz CT molecular complexity index is 706. The first kappa shape index (κ1) is 18.6. The summed E-state index contributed by atoms with van der Waals surface area (Å²) in [6.45, 7) is 7.44. The number of hydrogen-bond acceptors (Lipinski definition) is 5. The Balaban J connectivity index is 1.92. The predicted octanol–water partition coefficient (Wildman–Crippen LogP) is 2.56. The molecule has 0 unspecified atom stereocenters. The van der Waals surface area contributed by atoms with Crippen molar-refractivity contribution in [1.82, 2.24) is 15.6 Å². The highest BCUT2D eigenvalue weighted by Crippen LogP contribution is 2.27. The molecule has 0 radical (unpaired) electrons. The Morgan fingerprint density at radius 2 is 1.96 bits per heavy atom. The molecule has 0 atom stereocenters. The number of aryl methyl sites for hydroxylation is 2. The van der Waals surface area contributed by atoms with Crippen LogP contribution in [0.15, 0.2) is 27.6 Å². The molecule has 0 fully saturated rings. The van der Waals surface area contributed by atoms with Crippen molar-refractivity contribution in [2.75, 3.05) is 20.8 Å². The molecule has 1 aromatic heterocycles. The fourth-order valence-electron chi connectivity index (χ4n) is 2.28. The predicted molar refractivity (Wildman–Crippen MR) is 97.2 cm³/mol. The Morgan fingerprint density at radius 3 is 2.56 bits per heavy atom. The van der Waals surface area contributed by atoms with Gasteiger partial charge in [-0.15, -0.1) is 0 Å². The maximum absolute atomic E-state index is 5.60. The highest BCUT2D eigenvalue weighted by Gasteiger charge is 2.08. The smallest absolute Gasteiger partial charge is 0.214 e. The van der Waals surface area contributed by atoms with E-state index in [2.05, 4.69) is 20.6 Å². The molecule has 0 aliphatic rings. The summed E-state index contributed by atoms with van der Waals surface area (Å²) in [5.41, 5.74) is 1.97. The summed E-state index contributed by atoms with van der Waals surface area (Å²) in [5.74, 6) is 3.60. The lowest BCUT2D eigenvalue weighted by molar-refractivity contribution is 0.310. The number of ether oxygens (including phenoxy) is 2. The number of rotatable bonds is 7. The van der Waals surface area contributed by atoms with Gasteiger partial charge in [0.2, 0.25) is 5.89 Å². The zero-order valence-electron chi connectivity index (χ0n) is 15.5. The lowest BCUT2D eigenvalue weighted by atomic mass is 10.2. The largest absolute Gasteiger partial charge is 0.493 e. The van der Waals surface area contributed by atoms with E-state index in [-0.39, 0.29) is 0 Å². The van der Waals surface area contributed by atoms with Crippen molar-refractivity contribution in [1.29, 1.82) is 0 Å². The number of aromatic nitrogens is 1. The molecule has 7 nitrogen and oxygen atoms in total. The average Bonchev–Trinajstić information content (AvgIpc) is 2.93. The summed E-state index contributed by atoms with van der Waals surface area (Å²) < 4.78 is 16.5. The van der Waals surface area contributed by atoms with Crippen molar-refractivity contribution in [3.05, 3.63) is 41.1 Å². The SMILES string of the molecule is CCOc1cc(CNC(=NC)NCc2nc(C)c(C)o2)ccc1OC. The van der Waals surface area contributed by atoms with E-state index in [4.69, 9.17) is 13.9 Å². The summed E-state index contributed by atoms with van der Waals surface area (Å²) in [6.07, 6.45) is 0. The van der Waals surface area contributed by atoms with E-state index in [1.807, 2.05) is 39.0 Å². The summed E-state index contributed by atoms with van der Waals surface area (Å²) in [5, 5.41) is 6.44. The highest BCUT2D eigenvalue weighted by molar-refractivity contribution is 5.79. The van der Waals surface area contributed by atoms with E-state index in [1.165, 1.54) is 0 Å². The monoisotopic (exact) mass is 346 g/mol. The number of benzene rings is 1. The third-order valence-electron chi connectivity index (χ3n) is 3.69. The van der Waals surface area contributed by atoms with Gasteiger partial charge in [0.25, 0.3) is 0 Å². The van der Waals surface area contributed by atoms with Gasteiger partial charge in [-0.2, -0.15) is 0 Å². The zero-order chi connectivity index (χ0) is 18.2. The van der Waals surface area contributed by atoms with Crippen LogP contribution in [0.25, 0.3) is 0 Å². The topological polar surface area (TPSA) is 80.9 Å². The summed E-state index contributed by atoms with van der Waals surface area (Å²) in [7, 11) is 3.36. The summed E-state index contributed by atoms with van der Waals surface area (Å²) >= 11 is 0. The Kier molecular flexibility index (Phi) is 6.68. The second-order valence-electron chi connectivity index (χ2n) is 5.45. The molecule has 2 rings (SSSR count). The minimum atomic E-state index is 0.473. The van der Waals surface area contributed by atoms with E-state index in [1.54, 1.807) is 14.2 Å². The normalized spacial score (nSPS) is 11.3. The molecule has 2 N–H and O–H groups in total. The molecule has 0 aliphatic heterocycles. The Labute approximate surface area is 148 Å². The lowest BCUT2D eigenvalue weighted by Crippen LogP contribution is -2.36. The zero-order valence-corrected chi connectivity index (χ0v) is 15.5. The maximum atomic E-state index is 5.60. The van der Waals surface area contributed by atoms with Crippen molar-refractivity contribution < 1.29 is 13.9 Å². The number of aliphatic imine (C=N–C) groups is 1. The van der Waals surface area contributed by atoms with Gasteiger partial charge >= 0.3 is 0 Å². The van der Waals surface area contributed by atoms with Crippen molar-refractivity contribution in [2.24, 2.45) is 4.99 Å². The summed E-state index contributed by atoms with van der Waals surface area (Å²) in [4.78, 5) is 8.55. The summed E-state index contributed by atoms with van der Waals surface area (Å²) in [6, 6.07) is 5.85. The minimum absolute atomic E-state index is 0.473. The first-order valence-corrected chi connectivity index (χ1v) is 8.24. The third kappa shape index (κ3) is 5.14. The van der Waals surface area contributed by atoms with Crippen LogP contribution in [0.3, 0.4) is 0 Å². The molecule has 25 heavy (non-hydrogen) atoms. The van der Waals surface area contributed by atoms with E-state index in [9.17, 15) is 0 Å². The fourth-order valence-corrected chi connectivity index (χ4v) is 2.28. The van der Waals surface area contributed by atoms with Gasteiger partial charge in [-0.3, -0.25) is 4.99 Å². The highest BCUT2D eigenvalue weighted by atomic mass is 16.5.